The fourth-order valence-electron chi connectivity index (χ4n) is 3.41. The normalized spacial score (nSPS) is 11.0. The van der Waals surface area contributed by atoms with Crippen molar-refractivity contribution in [2.24, 2.45) is 0 Å². The molecular weight excluding hydrogens is 487 g/mol. The van der Waals surface area contributed by atoms with Gasteiger partial charge in [0.1, 0.15) is 17.3 Å². The number of benzene rings is 3. The van der Waals surface area contributed by atoms with Crippen molar-refractivity contribution in [3.63, 3.8) is 0 Å². The molecule has 1 heterocycles. The van der Waals surface area contributed by atoms with Gasteiger partial charge in [-0.05, 0) is 65.7 Å². The van der Waals surface area contributed by atoms with Crippen LogP contribution in [-0.2, 0) is 9.53 Å². The van der Waals surface area contributed by atoms with Crippen LogP contribution < -0.4 is 9.47 Å². The van der Waals surface area contributed by atoms with Crippen molar-refractivity contribution in [1.29, 1.82) is 0 Å². The molecule has 0 radical (unpaired) electrons. The third kappa shape index (κ3) is 6.04. The maximum atomic E-state index is 11.3. The highest BCUT2D eigenvalue weighted by molar-refractivity contribution is 6.36. The molecule has 3 aromatic carbocycles. The van der Waals surface area contributed by atoms with Gasteiger partial charge in [0.05, 0.1) is 24.9 Å². The molecule has 1 N–H and O–H groups in total. The first-order chi connectivity index (χ1) is 17.0. The van der Waals surface area contributed by atoms with E-state index in [-0.39, 0.29) is 6.61 Å². The Kier molecular flexibility index (Phi) is 7.75. The number of esters is 1. The zero-order valence-electron chi connectivity index (χ0n) is 19.0. The van der Waals surface area contributed by atoms with E-state index in [1.807, 2.05) is 60.7 Å². The molecule has 0 bridgehead atoms. The summed E-state index contributed by atoms with van der Waals surface area (Å²) in [5.41, 5.74) is 4.40. The average molecular weight is 509 g/mol. The quantitative estimate of drug-likeness (QED) is 0.265. The predicted octanol–water partition coefficient (Wildman–Crippen LogP) is 6.78. The number of H-pyrrole nitrogens is 1. The number of nitrogens with zero attached hydrogens (tertiary/aromatic N) is 1. The number of aromatic amines is 1. The zero-order valence-corrected chi connectivity index (χ0v) is 20.6. The molecule has 1 aromatic heterocycles. The summed E-state index contributed by atoms with van der Waals surface area (Å²) in [4.78, 5) is 19.0. The minimum absolute atomic E-state index is 0.133. The number of carbonyl (C=O) groups excluding carboxylic acids is 1. The first-order valence-corrected chi connectivity index (χ1v) is 11.4. The number of methoxy groups -OCH3 is 2. The lowest BCUT2D eigenvalue weighted by Crippen LogP contribution is -2.12. The third-order valence-electron chi connectivity index (χ3n) is 5.23. The van der Waals surface area contributed by atoms with Crippen LogP contribution in [0.5, 0.6) is 11.5 Å². The third-order valence-corrected chi connectivity index (χ3v) is 5.78. The lowest BCUT2D eigenvalue weighted by molar-refractivity contribution is -0.142. The summed E-state index contributed by atoms with van der Waals surface area (Å²) in [6, 6.07) is 18.7. The first kappa shape index (κ1) is 24.4. The highest BCUT2D eigenvalue weighted by atomic mass is 35.5. The summed E-state index contributed by atoms with van der Waals surface area (Å²) in [5, 5.41) is 1.11. The van der Waals surface area contributed by atoms with E-state index in [2.05, 4.69) is 14.7 Å². The molecule has 0 aliphatic rings. The molecule has 0 aliphatic carbocycles. The van der Waals surface area contributed by atoms with E-state index in [0.717, 1.165) is 33.7 Å². The van der Waals surface area contributed by atoms with Crippen molar-refractivity contribution >= 4 is 41.3 Å². The molecule has 0 fully saturated rings. The molecule has 35 heavy (non-hydrogen) atoms. The van der Waals surface area contributed by atoms with Crippen LogP contribution in [0, 0.1) is 0 Å². The van der Waals surface area contributed by atoms with E-state index in [0.29, 0.717) is 21.6 Å². The molecule has 0 unspecified atom stereocenters. The predicted molar refractivity (Wildman–Crippen MR) is 139 cm³/mol. The van der Waals surface area contributed by atoms with Gasteiger partial charge < -0.3 is 19.2 Å². The van der Waals surface area contributed by atoms with Gasteiger partial charge >= 0.3 is 5.97 Å². The molecule has 0 amide bonds. The second kappa shape index (κ2) is 11.1. The van der Waals surface area contributed by atoms with E-state index >= 15 is 0 Å². The van der Waals surface area contributed by atoms with Crippen LogP contribution in [0.15, 0.2) is 66.9 Å². The van der Waals surface area contributed by atoms with E-state index < -0.39 is 5.97 Å². The summed E-state index contributed by atoms with van der Waals surface area (Å²) >= 11 is 12.3. The highest BCUT2D eigenvalue weighted by Gasteiger charge is 2.09. The van der Waals surface area contributed by atoms with Gasteiger partial charge in [0.2, 0.25) is 0 Å². The monoisotopic (exact) mass is 508 g/mol. The number of rotatable bonds is 8. The van der Waals surface area contributed by atoms with E-state index in [4.69, 9.17) is 32.7 Å². The topological polar surface area (TPSA) is 73.4 Å². The molecule has 0 atom stereocenters. The van der Waals surface area contributed by atoms with Gasteiger partial charge in [-0.2, -0.15) is 0 Å². The molecule has 0 saturated heterocycles. The van der Waals surface area contributed by atoms with Crippen LogP contribution in [0.2, 0.25) is 10.0 Å². The lowest BCUT2D eigenvalue weighted by atomic mass is 10.0. The number of hydrogen-bond donors (Lipinski definition) is 1. The SMILES string of the molecule is COC(=O)COc1ccc(-c2ccc(OC)c(/C=C/c3nc(-c4ccc(Cl)cc4Cl)c[nH]3)c2)cc1. The van der Waals surface area contributed by atoms with Crippen LogP contribution in [0.3, 0.4) is 0 Å². The fraction of sp³-hybridized carbons (Fsp3) is 0.111. The van der Waals surface area contributed by atoms with Gasteiger partial charge in [-0.1, -0.05) is 41.4 Å². The Bertz CT molecular complexity index is 1360. The van der Waals surface area contributed by atoms with Crippen LogP contribution in [0.4, 0.5) is 0 Å². The standard InChI is InChI=1S/C27H22Cl2N2O4/c1-33-25-11-5-18(17-3-8-21(9-4-17)35-16-27(32)34-2)13-19(25)6-12-26-30-15-24(31-26)22-10-7-20(28)14-23(22)29/h3-15H,16H2,1-2H3,(H,30,31)/b12-6+. The molecule has 4 rings (SSSR count). The van der Waals surface area contributed by atoms with Crippen LogP contribution in [0.25, 0.3) is 34.5 Å². The molecule has 0 saturated carbocycles. The second-order valence-corrected chi connectivity index (χ2v) is 8.32. The van der Waals surface area contributed by atoms with E-state index in [1.165, 1.54) is 7.11 Å². The largest absolute Gasteiger partial charge is 0.496 e. The number of carbonyl (C=O) groups is 1. The summed E-state index contributed by atoms with van der Waals surface area (Å²) in [7, 11) is 2.96. The molecule has 8 heteroatoms. The Morgan fingerprint density at radius 1 is 0.971 bits per heavy atom. The van der Waals surface area contributed by atoms with E-state index in [9.17, 15) is 4.79 Å². The second-order valence-electron chi connectivity index (χ2n) is 7.47. The Hall–Kier alpha value is -3.74. The number of ether oxygens (including phenoxy) is 3. The number of hydrogen-bond acceptors (Lipinski definition) is 5. The minimum atomic E-state index is -0.430. The number of nitrogens with one attached hydrogen (secondary N) is 1. The molecule has 6 nitrogen and oxygen atoms in total. The van der Waals surface area contributed by atoms with Crippen molar-refractivity contribution in [2.75, 3.05) is 20.8 Å². The Balaban J connectivity index is 1.54. The molecule has 4 aromatic rings. The highest BCUT2D eigenvalue weighted by Crippen LogP contribution is 2.31. The maximum Gasteiger partial charge on any atom is 0.343 e. The summed E-state index contributed by atoms with van der Waals surface area (Å²) in [6.07, 6.45) is 5.60. The van der Waals surface area contributed by atoms with Crippen molar-refractivity contribution in [3.05, 3.63) is 88.3 Å². The number of aromatic nitrogens is 2. The average Bonchev–Trinajstić information content (AvgIpc) is 3.34. The smallest absolute Gasteiger partial charge is 0.343 e. The van der Waals surface area contributed by atoms with Gasteiger partial charge in [0.15, 0.2) is 6.61 Å². The number of halogens is 2. The maximum absolute atomic E-state index is 11.3. The minimum Gasteiger partial charge on any atom is -0.496 e. The molecule has 0 spiro atoms. The summed E-state index contributed by atoms with van der Waals surface area (Å²) in [5.74, 6) is 1.56. The van der Waals surface area contributed by atoms with Crippen molar-refractivity contribution in [3.8, 4) is 33.9 Å². The van der Waals surface area contributed by atoms with Crippen LogP contribution >= 0.6 is 23.2 Å². The Morgan fingerprint density at radius 3 is 2.46 bits per heavy atom. The van der Waals surface area contributed by atoms with Crippen LogP contribution in [-0.4, -0.2) is 36.8 Å². The van der Waals surface area contributed by atoms with Gasteiger partial charge in [-0.3, -0.25) is 0 Å². The Morgan fingerprint density at radius 2 is 1.74 bits per heavy atom. The fourth-order valence-corrected chi connectivity index (χ4v) is 3.92. The molecule has 178 valence electrons. The first-order valence-electron chi connectivity index (χ1n) is 10.6. The van der Waals surface area contributed by atoms with Gasteiger partial charge in [-0.15, -0.1) is 0 Å². The van der Waals surface area contributed by atoms with Gasteiger partial charge in [0.25, 0.3) is 0 Å². The van der Waals surface area contributed by atoms with E-state index in [1.54, 1.807) is 25.4 Å². The summed E-state index contributed by atoms with van der Waals surface area (Å²) in [6.45, 7) is -0.133. The van der Waals surface area contributed by atoms with Gasteiger partial charge in [-0.25, -0.2) is 9.78 Å². The van der Waals surface area contributed by atoms with Crippen molar-refractivity contribution in [1.82, 2.24) is 9.97 Å². The molecular formula is C27H22Cl2N2O4. The zero-order chi connectivity index (χ0) is 24.8. The van der Waals surface area contributed by atoms with Crippen molar-refractivity contribution in [2.45, 2.75) is 0 Å². The lowest BCUT2D eigenvalue weighted by Gasteiger charge is -2.09. The van der Waals surface area contributed by atoms with Gasteiger partial charge in [0, 0.05) is 22.3 Å². The van der Waals surface area contributed by atoms with Crippen molar-refractivity contribution < 1.29 is 19.0 Å². The van der Waals surface area contributed by atoms with Crippen LogP contribution in [0.1, 0.15) is 11.4 Å². The summed E-state index contributed by atoms with van der Waals surface area (Å²) < 4.78 is 15.5. The number of imidazole rings is 1. The molecule has 0 aliphatic heterocycles. The Labute approximate surface area is 213 Å².